The monoisotopic (exact) mass is 364 g/mol. The minimum absolute atomic E-state index is 0.386. The molecule has 0 radical (unpaired) electrons. The molecule has 0 aliphatic carbocycles. The summed E-state index contributed by atoms with van der Waals surface area (Å²) in [6.07, 6.45) is 4.91. The molecule has 0 amide bonds. The second kappa shape index (κ2) is 7.01. The van der Waals surface area contributed by atoms with E-state index in [9.17, 15) is 4.79 Å². The molecular formula is C17H17ClN2O3S. The summed E-state index contributed by atoms with van der Waals surface area (Å²) in [4.78, 5) is 11.1. The predicted octanol–water partition coefficient (Wildman–Crippen LogP) is 4.24. The maximum atomic E-state index is 12.0. The molecule has 1 aromatic carbocycles. The van der Waals surface area contributed by atoms with Crippen molar-refractivity contribution in [3.63, 3.8) is 0 Å². The van der Waals surface area contributed by atoms with E-state index >= 15 is 0 Å². The van der Waals surface area contributed by atoms with Crippen LogP contribution < -0.4 is 5.76 Å². The van der Waals surface area contributed by atoms with Crippen LogP contribution >= 0.6 is 23.4 Å². The second-order valence-electron chi connectivity index (χ2n) is 5.30. The fraction of sp³-hybridized carbons (Fsp3) is 0.294. The van der Waals surface area contributed by atoms with Crippen molar-refractivity contribution in [3.8, 4) is 0 Å². The maximum absolute atomic E-state index is 12.0. The molecule has 1 atom stereocenters. The topological polar surface area (TPSA) is 57.3 Å². The number of aromatic nitrogens is 2. The first-order valence-corrected chi connectivity index (χ1v) is 8.83. The molecule has 1 aliphatic heterocycles. The van der Waals surface area contributed by atoms with E-state index in [0.717, 1.165) is 17.7 Å². The zero-order valence-electron chi connectivity index (χ0n) is 13.4. The summed E-state index contributed by atoms with van der Waals surface area (Å²) in [7, 11) is 0. The smallest absolute Gasteiger partial charge is 0.348 e. The molecule has 0 spiro atoms. The van der Waals surface area contributed by atoms with Crippen molar-refractivity contribution < 1.29 is 9.26 Å². The van der Waals surface area contributed by atoms with Crippen LogP contribution in [0.1, 0.15) is 31.7 Å². The van der Waals surface area contributed by atoms with Crippen LogP contribution in [-0.2, 0) is 9.67 Å². The molecule has 1 unspecified atom stereocenters. The second-order valence-corrected chi connectivity index (χ2v) is 6.78. The molecule has 2 heterocycles. The van der Waals surface area contributed by atoms with Crippen LogP contribution in [0.5, 0.6) is 0 Å². The lowest BCUT2D eigenvalue weighted by Crippen LogP contribution is -2.35. The number of allylic oxidation sites excluding steroid dienone is 2. The number of ether oxygens (including phenoxy) is 1. The first-order chi connectivity index (χ1) is 11.6. The van der Waals surface area contributed by atoms with E-state index in [1.165, 1.54) is 16.3 Å². The van der Waals surface area contributed by atoms with Gasteiger partial charge in [0, 0.05) is 16.3 Å². The van der Waals surface area contributed by atoms with Gasteiger partial charge < -0.3 is 4.74 Å². The number of hydrogen-bond acceptors (Lipinski definition) is 5. The van der Waals surface area contributed by atoms with Gasteiger partial charge in [0.25, 0.3) is 0 Å². The fourth-order valence-electron chi connectivity index (χ4n) is 2.49. The van der Waals surface area contributed by atoms with Gasteiger partial charge in [0.2, 0.25) is 10.8 Å². The molecule has 7 heteroatoms. The Morgan fingerprint density at radius 1 is 1.38 bits per heavy atom. The minimum Gasteiger partial charge on any atom is -0.348 e. The van der Waals surface area contributed by atoms with Crippen molar-refractivity contribution in [3.05, 3.63) is 68.8 Å². The molecule has 3 rings (SSSR count). The summed E-state index contributed by atoms with van der Waals surface area (Å²) in [5.41, 5.74) is 1.59. The molecule has 5 nitrogen and oxygen atoms in total. The number of rotatable bonds is 5. The summed E-state index contributed by atoms with van der Waals surface area (Å²) in [6, 6.07) is 7.32. The van der Waals surface area contributed by atoms with Gasteiger partial charge in [0.1, 0.15) is 0 Å². The molecular weight excluding hydrogens is 348 g/mol. The highest BCUT2D eigenvalue weighted by Gasteiger charge is 2.44. The molecule has 1 aromatic heterocycles. The van der Waals surface area contributed by atoms with Gasteiger partial charge in [-0.15, -0.1) is 0 Å². The van der Waals surface area contributed by atoms with E-state index in [2.05, 4.69) is 12.1 Å². The van der Waals surface area contributed by atoms with Crippen molar-refractivity contribution in [2.45, 2.75) is 25.2 Å². The number of fused-ring (bicyclic) bond motifs is 1. The maximum Gasteiger partial charge on any atom is 0.446 e. The van der Waals surface area contributed by atoms with Gasteiger partial charge in [0.05, 0.1) is 6.61 Å². The third-order valence-corrected chi connectivity index (χ3v) is 5.24. The van der Waals surface area contributed by atoms with E-state index < -0.39 is 10.7 Å². The van der Waals surface area contributed by atoms with Gasteiger partial charge >= 0.3 is 5.76 Å². The highest BCUT2D eigenvalue weighted by molar-refractivity contribution is 8.03. The average Bonchev–Trinajstić information content (AvgIpc) is 2.98. The van der Waals surface area contributed by atoms with Gasteiger partial charge in [-0.1, -0.05) is 59.7 Å². The van der Waals surface area contributed by atoms with Crippen molar-refractivity contribution in [2.24, 2.45) is 0 Å². The quantitative estimate of drug-likeness (QED) is 0.743. The number of hydrogen-bond donors (Lipinski definition) is 0. The molecule has 0 N–H and O–H groups in total. The predicted molar refractivity (Wildman–Crippen MR) is 95.9 cm³/mol. The zero-order chi connectivity index (χ0) is 17.2. The Labute approximate surface area is 148 Å². The van der Waals surface area contributed by atoms with Gasteiger partial charge in [-0.2, -0.15) is 0 Å². The third-order valence-electron chi connectivity index (χ3n) is 3.66. The summed E-state index contributed by atoms with van der Waals surface area (Å²) in [6.45, 7) is 4.28. The van der Waals surface area contributed by atoms with Crippen LogP contribution in [0.4, 0.5) is 0 Å². The van der Waals surface area contributed by atoms with Crippen molar-refractivity contribution in [1.29, 1.82) is 0 Å². The highest BCUT2D eigenvalue weighted by atomic mass is 35.5. The normalized spacial score (nSPS) is 20.2. The molecule has 24 heavy (non-hydrogen) atoms. The van der Waals surface area contributed by atoms with E-state index in [1.54, 1.807) is 12.1 Å². The Balaban J connectivity index is 2.11. The van der Waals surface area contributed by atoms with E-state index in [-0.39, 0.29) is 0 Å². The van der Waals surface area contributed by atoms with Crippen molar-refractivity contribution in [1.82, 2.24) is 9.72 Å². The molecule has 0 saturated carbocycles. The molecule has 126 valence electrons. The van der Waals surface area contributed by atoms with E-state index in [1.807, 2.05) is 36.6 Å². The molecule has 0 fully saturated rings. The van der Waals surface area contributed by atoms with Crippen molar-refractivity contribution in [2.75, 3.05) is 6.61 Å². The third kappa shape index (κ3) is 2.97. The van der Waals surface area contributed by atoms with Crippen LogP contribution in [0, 0.1) is 0 Å². The minimum atomic E-state index is -0.964. The molecule has 0 bridgehead atoms. The Hall–Kier alpha value is -1.76. The van der Waals surface area contributed by atoms with Crippen LogP contribution in [0.3, 0.4) is 0 Å². The lowest BCUT2D eigenvalue weighted by molar-refractivity contribution is 0.0642. The van der Waals surface area contributed by atoms with Crippen LogP contribution in [0.25, 0.3) is 5.70 Å². The first-order valence-electron chi connectivity index (χ1n) is 7.57. The summed E-state index contributed by atoms with van der Waals surface area (Å²) < 4.78 is 12.5. The Kier molecular flexibility index (Phi) is 4.99. The van der Waals surface area contributed by atoms with Gasteiger partial charge in [-0.05, 0) is 30.9 Å². The average molecular weight is 365 g/mol. The molecule has 1 aliphatic rings. The van der Waals surface area contributed by atoms with E-state index in [0.29, 0.717) is 17.5 Å². The molecule has 0 saturated heterocycles. The SMILES string of the molecule is CC/C=C\COC1(c2ccc(Cl)cc2)SC=C(C)n2c1noc2=O. The zero-order valence-corrected chi connectivity index (χ0v) is 14.9. The number of halogens is 1. The van der Waals surface area contributed by atoms with Gasteiger partial charge in [-0.25, -0.2) is 9.36 Å². The summed E-state index contributed by atoms with van der Waals surface area (Å²) >= 11 is 7.46. The van der Waals surface area contributed by atoms with Crippen LogP contribution in [-0.4, -0.2) is 16.3 Å². The Morgan fingerprint density at radius 2 is 2.12 bits per heavy atom. The van der Waals surface area contributed by atoms with Crippen LogP contribution in [0.15, 0.2) is 51.1 Å². The summed E-state index contributed by atoms with van der Waals surface area (Å²) in [5, 5.41) is 6.50. The highest BCUT2D eigenvalue weighted by Crippen LogP contribution is 2.47. The standard InChI is InChI=1S/C17H17ClN2O3S/c1-3-4-5-10-22-17(13-6-8-14(18)9-7-13)15-19-23-16(21)20(15)12(2)11-24-17/h4-9,11H,3,10H2,1-2H3/b5-4-. The van der Waals surface area contributed by atoms with Crippen LogP contribution in [0.2, 0.25) is 5.02 Å². The largest absolute Gasteiger partial charge is 0.446 e. The first kappa shape index (κ1) is 17.1. The molecule has 2 aromatic rings. The lowest BCUT2D eigenvalue weighted by Gasteiger charge is -2.33. The van der Waals surface area contributed by atoms with Gasteiger partial charge in [0.15, 0.2) is 0 Å². The van der Waals surface area contributed by atoms with Crippen molar-refractivity contribution >= 4 is 29.1 Å². The van der Waals surface area contributed by atoms with E-state index in [4.69, 9.17) is 20.9 Å². The van der Waals surface area contributed by atoms with Gasteiger partial charge in [-0.3, -0.25) is 4.52 Å². The lowest BCUT2D eigenvalue weighted by atomic mass is 10.1. The fourth-order valence-corrected chi connectivity index (χ4v) is 3.70. The number of thioether (sulfide) groups is 1. The Bertz CT molecular complexity index is 838. The number of benzene rings is 1. The number of nitrogens with zero attached hydrogens (tertiary/aromatic N) is 2. The Morgan fingerprint density at radius 3 is 2.83 bits per heavy atom. The summed E-state index contributed by atoms with van der Waals surface area (Å²) in [5.74, 6) is -0.102.